The lowest BCUT2D eigenvalue weighted by atomic mass is 10.2. The number of rotatable bonds is 3. The number of aryl methyl sites for hydroxylation is 1. The average molecular weight is 238 g/mol. The molecule has 1 aromatic rings. The molecule has 94 valence electrons. The Morgan fingerprint density at radius 2 is 2.53 bits per heavy atom. The van der Waals surface area contributed by atoms with Gasteiger partial charge in [-0.15, -0.1) is 0 Å². The first-order valence-corrected chi connectivity index (χ1v) is 5.84. The zero-order valence-corrected chi connectivity index (χ0v) is 9.96. The summed E-state index contributed by atoms with van der Waals surface area (Å²) in [6.07, 6.45) is 3.55. The van der Waals surface area contributed by atoms with Gasteiger partial charge in [-0.3, -0.25) is 4.68 Å². The molecule has 1 saturated heterocycles. The molecular formula is C11H18N4O2. The minimum atomic E-state index is -0.109. The summed E-state index contributed by atoms with van der Waals surface area (Å²) in [5.74, 6) is 0. The minimum absolute atomic E-state index is 0.0264. The molecule has 1 aliphatic rings. The first-order valence-electron chi connectivity index (χ1n) is 5.84. The Bertz CT molecular complexity index is 391. The van der Waals surface area contributed by atoms with Crippen LogP contribution in [-0.4, -0.2) is 45.0 Å². The molecule has 2 amide bonds. The number of likely N-dealkylation sites (tertiary alicyclic amines) is 1. The van der Waals surface area contributed by atoms with Crippen molar-refractivity contribution in [3.8, 4) is 0 Å². The smallest absolute Gasteiger partial charge is 0.318 e. The Kier molecular flexibility index (Phi) is 3.63. The Morgan fingerprint density at radius 1 is 1.71 bits per heavy atom. The highest BCUT2D eigenvalue weighted by Gasteiger charge is 2.27. The third-order valence-corrected chi connectivity index (χ3v) is 3.19. The first-order chi connectivity index (χ1) is 8.22. The van der Waals surface area contributed by atoms with Gasteiger partial charge in [-0.05, 0) is 18.9 Å². The first kappa shape index (κ1) is 11.9. The molecule has 2 heterocycles. The molecule has 17 heavy (non-hydrogen) atoms. The minimum Gasteiger partial charge on any atom is -0.394 e. The van der Waals surface area contributed by atoms with Crippen LogP contribution in [0, 0.1) is 0 Å². The summed E-state index contributed by atoms with van der Waals surface area (Å²) in [6, 6.07) is 1.73. The summed E-state index contributed by atoms with van der Waals surface area (Å²) in [5, 5.41) is 16.0. The lowest BCUT2D eigenvalue weighted by Crippen LogP contribution is -2.44. The van der Waals surface area contributed by atoms with Crippen molar-refractivity contribution in [2.75, 3.05) is 13.2 Å². The van der Waals surface area contributed by atoms with E-state index in [0.717, 1.165) is 25.1 Å². The molecule has 0 aromatic carbocycles. The van der Waals surface area contributed by atoms with E-state index in [1.165, 1.54) is 0 Å². The van der Waals surface area contributed by atoms with Crippen LogP contribution in [0.1, 0.15) is 18.5 Å². The molecule has 1 atom stereocenters. The number of carbonyl (C=O) groups excluding carboxylic acids is 1. The lowest BCUT2D eigenvalue weighted by Gasteiger charge is -2.23. The van der Waals surface area contributed by atoms with Gasteiger partial charge in [0.05, 0.1) is 24.9 Å². The van der Waals surface area contributed by atoms with Gasteiger partial charge in [0.15, 0.2) is 0 Å². The van der Waals surface area contributed by atoms with Crippen LogP contribution >= 0.6 is 0 Å². The van der Waals surface area contributed by atoms with Gasteiger partial charge in [-0.2, -0.15) is 5.10 Å². The number of urea groups is 1. The predicted octanol–water partition coefficient (Wildman–Crippen LogP) is 0.0864. The SMILES string of the molecule is Cn1nccc1CNC(=O)N1CCCC1CO. The molecule has 0 bridgehead atoms. The summed E-state index contributed by atoms with van der Waals surface area (Å²) in [7, 11) is 1.84. The fraction of sp³-hybridized carbons (Fsp3) is 0.636. The van der Waals surface area contributed by atoms with Crippen LogP contribution in [0.25, 0.3) is 0 Å². The Hall–Kier alpha value is -1.56. The second kappa shape index (κ2) is 5.18. The standard InChI is InChI=1S/C11H18N4O2/c1-14-9(4-5-13-14)7-12-11(17)15-6-2-3-10(15)8-16/h4-5,10,16H,2-3,6-8H2,1H3,(H,12,17). The summed E-state index contributed by atoms with van der Waals surface area (Å²) in [5.41, 5.74) is 0.957. The van der Waals surface area contributed by atoms with Gasteiger partial charge >= 0.3 is 6.03 Å². The maximum absolute atomic E-state index is 11.9. The number of aliphatic hydroxyl groups is 1. The summed E-state index contributed by atoms with van der Waals surface area (Å²) < 4.78 is 1.73. The number of amides is 2. The van der Waals surface area contributed by atoms with Crippen LogP contribution in [-0.2, 0) is 13.6 Å². The predicted molar refractivity (Wildman–Crippen MR) is 62.3 cm³/mol. The quantitative estimate of drug-likeness (QED) is 0.784. The Morgan fingerprint density at radius 3 is 3.18 bits per heavy atom. The molecular weight excluding hydrogens is 220 g/mol. The van der Waals surface area contributed by atoms with Gasteiger partial charge in [0, 0.05) is 19.8 Å². The maximum atomic E-state index is 11.9. The molecule has 0 aliphatic carbocycles. The van der Waals surface area contributed by atoms with Crippen molar-refractivity contribution < 1.29 is 9.90 Å². The Labute approximate surface area is 100 Å². The van der Waals surface area contributed by atoms with Crippen molar-refractivity contribution in [3.05, 3.63) is 18.0 Å². The monoisotopic (exact) mass is 238 g/mol. The molecule has 0 radical (unpaired) electrons. The van der Waals surface area contributed by atoms with E-state index in [-0.39, 0.29) is 18.7 Å². The molecule has 6 nitrogen and oxygen atoms in total. The van der Waals surface area contributed by atoms with Gasteiger partial charge in [-0.25, -0.2) is 4.79 Å². The number of aromatic nitrogens is 2. The van der Waals surface area contributed by atoms with E-state index >= 15 is 0 Å². The van der Waals surface area contributed by atoms with Crippen LogP contribution in [0.15, 0.2) is 12.3 Å². The summed E-state index contributed by atoms with van der Waals surface area (Å²) in [4.78, 5) is 13.6. The molecule has 1 aliphatic heterocycles. The van der Waals surface area contributed by atoms with Crippen LogP contribution in [0.3, 0.4) is 0 Å². The van der Waals surface area contributed by atoms with Crippen molar-refractivity contribution in [2.45, 2.75) is 25.4 Å². The van der Waals surface area contributed by atoms with Crippen molar-refractivity contribution in [1.29, 1.82) is 0 Å². The van der Waals surface area contributed by atoms with E-state index in [2.05, 4.69) is 10.4 Å². The van der Waals surface area contributed by atoms with Crippen LogP contribution in [0.5, 0.6) is 0 Å². The Balaban J connectivity index is 1.87. The molecule has 1 unspecified atom stereocenters. The molecule has 2 rings (SSSR count). The molecule has 2 N–H and O–H groups in total. The average Bonchev–Trinajstić information content (AvgIpc) is 2.94. The fourth-order valence-electron chi connectivity index (χ4n) is 2.14. The van der Waals surface area contributed by atoms with Gasteiger partial charge in [0.1, 0.15) is 0 Å². The number of aliphatic hydroxyl groups excluding tert-OH is 1. The fourth-order valence-corrected chi connectivity index (χ4v) is 2.14. The summed E-state index contributed by atoms with van der Waals surface area (Å²) in [6.45, 7) is 1.23. The van der Waals surface area contributed by atoms with Crippen molar-refractivity contribution in [3.63, 3.8) is 0 Å². The van der Waals surface area contributed by atoms with E-state index in [4.69, 9.17) is 5.11 Å². The van der Waals surface area contributed by atoms with E-state index in [9.17, 15) is 4.79 Å². The van der Waals surface area contributed by atoms with Gasteiger partial charge in [-0.1, -0.05) is 0 Å². The highest BCUT2D eigenvalue weighted by atomic mass is 16.3. The molecule has 0 saturated carbocycles. The largest absolute Gasteiger partial charge is 0.394 e. The third-order valence-electron chi connectivity index (χ3n) is 3.19. The van der Waals surface area contributed by atoms with Crippen molar-refractivity contribution >= 4 is 6.03 Å². The third kappa shape index (κ3) is 2.58. The number of hydrogen-bond donors (Lipinski definition) is 2. The van der Waals surface area contributed by atoms with E-state index in [1.54, 1.807) is 15.8 Å². The van der Waals surface area contributed by atoms with E-state index in [1.807, 2.05) is 13.1 Å². The highest BCUT2D eigenvalue weighted by molar-refractivity contribution is 5.74. The van der Waals surface area contributed by atoms with E-state index in [0.29, 0.717) is 6.54 Å². The van der Waals surface area contributed by atoms with Crippen LogP contribution < -0.4 is 5.32 Å². The summed E-state index contributed by atoms with van der Waals surface area (Å²) >= 11 is 0. The lowest BCUT2D eigenvalue weighted by molar-refractivity contribution is 0.157. The van der Waals surface area contributed by atoms with Crippen molar-refractivity contribution in [2.24, 2.45) is 7.05 Å². The maximum Gasteiger partial charge on any atom is 0.318 e. The van der Waals surface area contributed by atoms with Crippen molar-refractivity contribution in [1.82, 2.24) is 20.0 Å². The molecule has 0 spiro atoms. The highest BCUT2D eigenvalue weighted by Crippen LogP contribution is 2.16. The number of hydrogen-bond acceptors (Lipinski definition) is 3. The second-order valence-electron chi connectivity index (χ2n) is 4.28. The van der Waals surface area contributed by atoms with Crippen LogP contribution in [0.2, 0.25) is 0 Å². The van der Waals surface area contributed by atoms with Gasteiger partial charge < -0.3 is 15.3 Å². The molecule has 1 aromatic heterocycles. The number of nitrogens with one attached hydrogen (secondary N) is 1. The second-order valence-corrected chi connectivity index (χ2v) is 4.28. The molecule has 6 heteroatoms. The number of carbonyl (C=O) groups is 1. The normalized spacial score (nSPS) is 19.6. The topological polar surface area (TPSA) is 70.4 Å². The zero-order valence-electron chi connectivity index (χ0n) is 9.96. The zero-order chi connectivity index (χ0) is 12.3. The number of nitrogens with zero attached hydrogens (tertiary/aromatic N) is 3. The van der Waals surface area contributed by atoms with Crippen LogP contribution in [0.4, 0.5) is 4.79 Å². The van der Waals surface area contributed by atoms with Gasteiger partial charge in [0.2, 0.25) is 0 Å². The van der Waals surface area contributed by atoms with E-state index < -0.39 is 0 Å². The molecule has 1 fully saturated rings. The van der Waals surface area contributed by atoms with Gasteiger partial charge in [0.25, 0.3) is 0 Å².